The Morgan fingerprint density at radius 3 is 2.44 bits per heavy atom. The van der Waals surface area contributed by atoms with Gasteiger partial charge in [0.25, 0.3) is 0 Å². The van der Waals surface area contributed by atoms with Crippen LogP contribution in [0.15, 0.2) is 12.1 Å². The SMILES string of the molecule is FC(F)(F)c1nc2cc3c(cc2[nH]1)OCCCO3. The van der Waals surface area contributed by atoms with Crippen LogP contribution in [-0.4, -0.2) is 23.2 Å². The number of alkyl halides is 3. The molecule has 0 saturated carbocycles. The zero-order valence-electron chi connectivity index (χ0n) is 9.17. The van der Waals surface area contributed by atoms with Crippen molar-refractivity contribution in [3.8, 4) is 11.5 Å². The quantitative estimate of drug-likeness (QED) is 0.790. The summed E-state index contributed by atoms with van der Waals surface area (Å²) < 4.78 is 48.3. The number of ether oxygens (including phenoxy) is 2. The zero-order chi connectivity index (χ0) is 12.8. The molecule has 7 heteroatoms. The van der Waals surface area contributed by atoms with Gasteiger partial charge in [-0.3, -0.25) is 0 Å². The van der Waals surface area contributed by atoms with Crippen LogP contribution >= 0.6 is 0 Å². The van der Waals surface area contributed by atoms with E-state index in [0.717, 1.165) is 6.42 Å². The van der Waals surface area contributed by atoms with Crippen LogP contribution in [0.25, 0.3) is 11.0 Å². The Bertz CT molecular complexity index is 549. The number of imidazole rings is 1. The predicted molar refractivity (Wildman–Crippen MR) is 56.7 cm³/mol. The number of hydrogen-bond acceptors (Lipinski definition) is 3. The Morgan fingerprint density at radius 2 is 1.78 bits per heavy atom. The third-order valence-electron chi connectivity index (χ3n) is 2.62. The van der Waals surface area contributed by atoms with E-state index >= 15 is 0 Å². The molecule has 4 nitrogen and oxygen atoms in total. The average Bonchev–Trinajstić information content (AvgIpc) is 2.57. The monoisotopic (exact) mass is 258 g/mol. The van der Waals surface area contributed by atoms with Gasteiger partial charge in [0.1, 0.15) is 0 Å². The number of aromatic nitrogens is 2. The number of fused-ring (bicyclic) bond motifs is 2. The van der Waals surface area contributed by atoms with Crippen molar-refractivity contribution in [2.24, 2.45) is 0 Å². The van der Waals surface area contributed by atoms with Gasteiger partial charge in [0.2, 0.25) is 5.82 Å². The molecular weight excluding hydrogens is 249 g/mol. The molecule has 2 aromatic rings. The number of benzene rings is 1. The van der Waals surface area contributed by atoms with Gasteiger partial charge in [-0.05, 0) is 0 Å². The minimum absolute atomic E-state index is 0.214. The van der Waals surface area contributed by atoms with E-state index in [1.54, 1.807) is 0 Å². The Hall–Kier alpha value is -1.92. The van der Waals surface area contributed by atoms with E-state index in [9.17, 15) is 13.2 Å². The van der Waals surface area contributed by atoms with Crippen molar-refractivity contribution in [1.29, 1.82) is 0 Å². The molecule has 0 spiro atoms. The summed E-state index contributed by atoms with van der Waals surface area (Å²) in [4.78, 5) is 5.74. The van der Waals surface area contributed by atoms with Crippen LogP contribution in [0, 0.1) is 0 Å². The second kappa shape index (κ2) is 3.79. The van der Waals surface area contributed by atoms with Gasteiger partial charge in [-0.2, -0.15) is 13.2 Å². The minimum Gasteiger partial charge on any atom is -0.489 e. The molecule has 0 unspecified atom stereocenters. The molecular formula is C11H9F3N2O2. The van der Waals surface area contributed by atoms with Crippen LogP contribution in [0.5, 0.6) is 11.5 Å². The lowest BCUT2D eigenvalue weighted by Gasteiger charge is -2.05. The molecule has 1 aromatic heterocycles. The fourth-order valence-corrected chi connectivity index (χ4v) is 1.80. The normalized spacial score (nSPS) is 15.7. The molecule has 0 bridgehead atoms. The molecule has 1 aliphatic heterocycles. The highest BCUT2D eigenvalue weighted by Crippen LogP contribution is 2.35. The van der Waals surface area contributed by atoms with Crippen molar-refractivity contribution in [2.45, 2.75) is 12.6 Å². The summed E-state index contributed by atoms with van der Waals surface area (Å²) in [5.41, 5.74) is 0.498. The maximum absolute atomic E-state index is 12.5. The highest BCUT2D eigenvalue weighted by atomic mass is 19.4. The summed E-state index contributed by atoms with van der Waals surface area (Å²) in [5.74, 6) is -0.143. The summed E-state index contributed by atoms with van der Waals surface area (Å²) >= 11 is 0. The molecule has 96 valence electrons. The lowest BCUT2D eigenvalue weighted by atomic mass is 10.3. The first kappa shape index (κ1) is 11.2. The van der Waals surface area contributed by atoms with E-state index in [4.69, 9.17) is 9.47 Å². The second-order valence-corrected chi connectivity index (χ2v) is 3.95. The van der Waals surface area contributed by atoms with E-state index in [1.807, 2.05) is 0 Å². The number of halogens is 3. The number of aromatic amines is 1. The molecule has 1 aliphatic rings. The van der Waals surface area contributed by atoms with E-state index in [1.165, 1.54) is 12.1 Å². The molecule has 0 aliphatic carbocycles. The highest BCUT2D eigenvalue weighted by molar-refractivity contribution is 5.80. The summed E-state index contributed by atoms with van der Waals surface area (Å²) in [6, 6.07) is 2.94. The van der Waals surface area contributed by atoms with Crippen molar-refractivity contribution >= 4 is 11.0 Å². The standard InChI is InChI=1S/C11H9F3N2O2/c12-11(13,14)10-15-6-4-8-9(5-7(6)16-10)18-3-1-2-17-8/h4-5H,1-3H2,(H,15,16). The van der Waals surface area contributed by atoms with E-state index in [2.05, 4.69) is 9.97 Å². The van der Waals surface area contributed by atoms with Crippen LogP contribution < -0.4 is 9.47 Å². The molecule has 0 fully saturated rings. The number of nitrogens with one attached hydrogen (secondary N) is 1. The van der Waals surface area contributed by atoms with Crippen molar-refractivity contribution in [2.75, 3.05) is 13.2 Å². The number of nitrogens with zero attached hydrogens (tertiary/aromatic N) is 1. The average molecular weight is 258 g/mol. The van der Waals surface area contributed by atoms with E-state index in [-0.39, 0.29) is 11.0 Å². The molecule has 0 saturated heterocycles. The molecule has 2 heterocycles. The third-order valence-corrected chi connectivity index (χ3v) is 2.62. The lowest BCUT2D eigenvalue weighted by Crippen LogP contribution is -2.06. The van der Waals surface area contributed by atoms with Crippen molar-refractivity contribution < 1.29 is 22.6 Å². The fraction of sp³-hybridized carbons (Fsp3) is 0.364. The maximum atomic E-state index is 12.5. The Morgan fingerprint density at radius 1 is 1.11 bits per heavy atom. The largest absolute Gasteiger partial charge is 0.489 e. The first-order valence-electron chi connectivity index (χ1n) is 5.40. The van der Waals surface area contributed by atoms with Gasteiger partial charge in [-0.1, -0.05) is 0 Å². The molecule has 0 atom stereocenters. The van der Waals surface area contributed by atoms with Crippen LogP contribution in [0.3, 0.4) is 0 Å². The number of H-pyrrole nitrogens is 1. The van der Waals surface area contributed by atoms with Crippen LogP contribution in [-0.2, 0) is 6.18 Å². The van der Waals surface area contributed by atoms with Gasteiger partial charge in [0.15, 0.2) is 11.5 Å². The van der Waals surface area contributed by atoms with E-state index < -0.39 is 12.0 Å². The van der Waals surface area contributed by atoms with Crippen molar-refractivity contribution in [3.05, 3.63) is 18.0 Å². The van der Waals surface area contributed by atoms with Crippen molar-refractivity contribution in [1.82, 2.24) is 9.97 Å². The summed E-state index contributed by atoms with van der Waals surface area (Å²) in [5, 5.41) is 0. The van der Waals surface area contributed by atoms with Gasteiger partial charge in [0.05, 0.1) is 24.2 Å². The smallest absolute Gasteiger partial charge is 0.449 e. The van der Waals surface area contributed by atoms with Crippen LogP contribution in [0.4, 0.5) is 13.2 Å². The maximum Gasteiger partial charge on any atom is 0.449 e. The van der Waals surface area contributed by atoms with Gasteiger partial charge >= 0.3 is 6.18 Å². The van der Waals surface area contributed by atoms with Gasteiger partial charge in [-0.25, -0.2) is 4.98 Å². The van der Waals surface area contributed by atoms with Crippen LogP contribution in [0.2, 0.25) is 0 Å². The zero-order valence-corrected chi connectivity index (χ0v) is 9.17. The summed E-state index contributed by atoms with van der Waals surface area (Å²) in [6.07, 6.45) is -3.75. The number of rotatable bonds is 0. The third kappa shape index (κ3) is 1.85. The Balaban J connectivity index is 2.12. The number of hydrogen-bond donors (Lipinski definition) is 1. The van der Waals surface area contributed by atoms with Crippen LogP contribution in [0.1, 0.15) is 12.2 Å². The first-order valence-corrected chi connectivity index (χ1v) is 5.40. The molecule has 1 aromatic carbocycles. The van der Waals surface area contributed by atoms with Gasteiger partial charge in [0, 0.05) is 18.6 Å². The topological polar surface area (TPSA) is 47.1 Å². The summed E-state index contributed by atoms with van der Waals surface area (Å²) in [6.45, 7) is 0.966. The second-order valence-electron chi connectivity index (χ2n) is 3.95. The molecule has 0 radical (unpaired) electrons. The first-order chi connectivity index (χ1) is 8.54. The molecule has 18 heavy (non-hydrogen) atoms. The highest BCUT2D eigenvalue weighted by Gasteiger charge is 2.35. The minimum atomic E-state index is -4.49. The van der Waals surface area contributed by atoms with Crippen molar-refractivity contribution in [3.63, 3.8) is 0 Å². The van der Waals surface area contributed by atoms with Gasteiger partial charge in [-0.15, -0.1) is 0 Å². The molecule has 3 rings (SSSR count). The lowest BCUT2D eigenvalue weighted by molar-refractivity contribution is -0.144. The van der Waals surface area contributed by atoms with Gasteiger partial charge < -0.3 is 14.5 Å². The predicted octanol–water partition coefficient (Wildman–Crippen LogP) is 2.74. The molecule has 0 amide bonds. The van der Waals surface area contributed by atoms with E-state index in [0.29, 0.717) is 24.7 Å². The Kier molecular flexibility index (Phi) is 2.36. The summed E-state index contributed by atoms with van der Waals surface area (Å²) in [7, 11) is 0. The fourth-order valence-electron chi connectivity index (χ4n) is 1.80. The Labute approximate surface area is 99.7 Å². The molecule has 1 N–H and O–H groups in total.